The topological polar surface area (TPSA) is 17.1 Å². The lowest BCUT2D eigenvalue weighted by molar-refractivity contribution is -0.118. The largest absolute Gasteiger partial charge is 0.299 e. The van der Waals surface area contributed by atoms with Crippen LogP contribution in [-0.2, 0) is 4.79 Å². The molecule has 0 amide bonds. The van der Waals surface area contributed by atoms with Crippen LogP contribution in [-0.4, -0.2) is 5.78 Å². The van der Waals surface area contributed by atoms with Crippen LogP contribution in [0.3, 0.4) is 0 Å². The number of ketones is 1. The zero-order valence-corrected chi connectivity index (χ0v) is 9.63. The second-order valence-corrected chi connectivity index (χ2v) is 4.33. The predicted molar refractivity (Wildman–Crippen MR) is 63.8 cm³/mol. The number of hydrogen-bond acceptors (Lipinski definition) is 1. The highest BCUT2D eigenvalue weighted by Gasteiger charge is 1.99. The number of hydrogen-bond donors (Lipinski definition) is 0. The van der Waals surface area contributed by atoms with Gasteiger partial charge in [-0.2, -0.15) is 0 Å². The second-order valence-electron chi connectivity index (χ2n) is 4.33. The second kappa shape index (κ2) is 8.49. The zero-order valence-electron chi connectivity index (χ0n) is 9.63. The molecule has 0 aromatic carbocycles. The van der Waals surface area contributed by atoms with Gasteiger partial charge in [0.05, 0.1) is 0 Å². The molecule has 1 nitrogen and oxygen atoms in total. The van der Waals surface area contributed by atoms with Crippen molar-refractivity contribution in [3.8, 4) is 0 Å². The Morgan fingerprint density at radius 1 is 0.867 bits per heavy atom. The van der Waals surface area contributed by atoms with E-state index >= 15 is 0 Å². The third kappa shape index (κ3) is 7.16. The number of allylic oxidation sites excluding steroid dienone is 1. The number of carbonyl (C=O) groups is 1. The molecule has 1 rings (SSSR count). The van der Waals surface area contributed by atoms with Crippen LogP contribution in [0.15, 0.2) is 17.9 Å². The molecular weight excluding hydrogens is 184 g/mol. The highest BCUT2D eigenvalue weighted by molar-refractivity contribution is 5.79. The van der Waals surface area contributed by atoms with Crippen LogP contribution in [0.25, 0.3) is 0 Å². The summed E-state index contributed by atoms with van der Waals surface area (Å²) in [5.41, 5.74) is 3.10. The maximum absolute atomic E-state index is 11.4. The van der Waals surface area contributed by atoms with Crippen LogP contribution in [0.4, 0.5) is 0 Å². The molecule has 0 N–H and O–H groups in total. The summed E-state index contributed by atoms with van der Waals surface area (Å²) in [4.78, 5) is 11.4. The van der Waals surface area contributed by atoms with Gasteiger partial charge in [-0.15, -0.1) is 5.73 Å². The quantitative estimate of drug-likeness (QED) is 0.543. The molecule has 0 unspecified atom stereocenters. The first-order valence-corrected chi connectivity index (χ1v) is 6.31. The normalized spacial score (nSPS) is 21.2. The minimum Gasteiger partial charge on any atom is -0.299 e. The lowest BCUT2D eigenvalue weighted by Crippen LogP contribution is -1.95. The summed E-state index contributed by atoms with van der Waals surface area (Å²) >= 11 is 0. The van der Waals surface area contributed by atoms with E-state index in [1.54, 1.807) is 0 Å². The highest BCUT2D eigenvalue weighted by atomic mass is 16.1. The van der Waals surface area contributed by atoms with Gasteiger partial charge in [0, 0.05) is 12.8 Å². The van der Waals surface area contributed by atoms with Crippen molar-refractivity contribution in [2.45, 2.75) is 64.2 Å². The smallest absolute Gasteiger partial charge is 0.137 e. The van der Waals surface area contributed by atoms with Crippen LogP contribution >= 0.6 is 0 Å². The van der Waals surface area contributed by atoms with E-state index < -0.39 is 0 Å². The molecule has 84 valence electrons. The standard InChI is InChI=1S/C14H22O/c15-14-12-10-8-6-4-2-1-3-5-7-9-11-13-14/h6,10H,1-5,7,9,11-13H2. The Morgan fingerprint density at radius 3 is 2.33 bits per heavy atom. The first-order valence-electron chi connectivity index (χ1n) is 6.31. The van der Waals surface area contributed by atoms with E-state index in [4.69, 9.17) is 0 Å². The van der Waals surface area contributed by atoms with Gasteiger partial charge in [0.1, 0.15) is 5.78 Å². The molecule has 0 aromatic rings. The van der Waals surface area contributed by atoms with E-state index in [9.17, 15) is 4.79 Å². The Bertz CT molecular complexity index is 234. The first kappa shape index (κ1) is 12.3. The minimum absolute atomic E-state index is 0.368. The van der Waals surface area contributed by atoms with Crippen molar-refractivity contribution in [1.29, 1.82) is 0 Å². The summed E-state index contributed by atoms with van der Waals surface area (Å²) in [5, 5.41) is 0. The molecule has 1 heteroatoms. The van der Waals surface area contributed by atoms with Gasteiger partial charge in [-0.1, -0.05) is 32.1 Å². The van der Waals surface area contributed by atoms with Gasteiger partial charge in [0.2, 0.25) is 0 Å². The zero-order chi connectivity index (χ0) is 10.8. The summed E-state index contributed by atoms with van der Waals surface area (Å²) in [6.45, 7) is 0. The predicted octanol–water partition coefficient (Wildman–Crippen LogP) is 4.18. The van der Waals surface area contributed by atoms with Crippen LogP contribution in [0.2, 0.25) is 0 Å². The van der Waals surface area contributed by atoms with Gasteiger partial charge < -0.3 is 0 Å². The van der Waals surface area contributed by atoms with E-state index in [0.29, 0.717) is 12.2 Å². The average Bonchev–Trinajstić information content (AvgIpc) is 2.24. The lowest BCUT2D eigenvalue weighted by atomic mass is 10.0. The summed E-state index contributed by atoms with van der Waals surface area (Å²) in [5.74, 6) is 0.368. The van der Waals surface area contributed by atoms with Crippen molar-refractivity contribution >= 4 is 5.78 Å². The molecule has 0 radical (unpaired) electrons. The number of Topliss-reactive ketones (excluding diaryl/α,β-unsaturated/α-hetero) is 1. The van der Waals surface area contributed by atoms with Crippen LogP contribution in [0, 0.1) is 0 Å². The molecule has 0 saturated heterocycles. The minimum atomic E-state index is 0.368. The van der Waals surface area contributed by atoms with Crippen LogP contribution in [0.1, 0.15) is 64.2 Å². The summed E-state index contributed by atoms with van der Waals surface area (Å²) in [6.07, 6.45) is 15.3. The Labute approximate surface area is 93.3 Å². The Kier molecular flexibility index (Phi) is 6.94. The van der Waals surface area contributed by atoms with Gasteiger partial charge in [-0.05, 0) is 31.4 Å². The molecule has 1 aliphatic carbocycles. The van der Waals surface area contributed by atoms with Crippen LogP contribution in [0.5, 0.6) is 0 Å². The molecule has 0 aliphatic heterocycles. The van der Waals surface area contributed by atoms with E-state index in [2.05, 4.69) is 11.8 Å². The Balaban J connectivity index is 2.32. The van der Waals surface area contributed by atoms with Crippen molar-refractivity contribution in [3.05, 3.63) is 17.9 Å². The fourth-order valence-corrected chi connectivity index (χ4v) is 1.89. The van der Waals surface area contributed by atoms with E-state index in [1.165, 1.54) is 38.5 Å². The third-order valence-electron chi connectivity index (χ3n) is 2.87. The maximum atomic E-state index is 11.4. The average molecular weight is 206 g/mol. The summed E-state index contributed by atoms with van der Waals surface area (Å²) in [7, 11) is 0. The molecule has 0 heterocycles. The highest BCUT2D eigenvalue weighted by Crippen LogP contribution is 2.11. The van der Waals surface area contributed by atoms with E-state index in [1.807, 2.05) is 6.08 Å². The summed E-state index contributed by atoms with van der Waals surface area (Å²) < 4.78 is 0. The molecule has 15 heavy (non-hydrogen) atoms. The van der Waals surface area contributed by atoms with Gasteiger partial charge >= 0.3 is 0 Å². The number of rotatable bonds is 0. The Hall–Kier alpha value is -0.810. The fourth-order valence-electron chi connectivity index (χ4n) is 1.89. The van der Waals surface area contributed by atoms with Gasteiger partial charge in [0.15, 0.2) is 0 Å². The van der Waals surface area contributed by atoms with Crippen molar-refractivity contribution in [2.24, 2.45) is 0 Å². The van der Waals surface area contributed by atoms with E-state index in [0.717, 1.165) is 19.3 Å². The monoisotopic (exact) mass is 206 g/mol. The molecule has 0 saturated carbocycles. The molecule has 0 atom stereocenters. The van der Waals surface area contributed by atoms with Gasteiger partial charge in [-0.25, -0.2) is 0 Å². The molecule has 1 aliphatic rings. The number of carbonyl (C=O) groups excluding carboxylic acids is 1. The SMILES string of the molecule is O=C1CC=C=CCCCCCCCCC1. The summed E-state index contributed by atoms with van der Waals surface area (Å²) in [6, 6.07) is 0. The van der Waals surface area contributed by atoms with Gasteiger partial charge in [-0.3, -0.25) is 4.79 Å². The van der Waals surface area contributed by atoms with E-state index in [-0.39, 0.29) is 0 Å². The fraction of sp³-hybridized carbons (Fsp3) is 0.714. The van der Waals surface area contributed by atoms with Crippen LogP contribution < -0.4 is 0 Å². The van der Waals surface area contributed by atoms with Crippen molar-refractivity contribution in [3.63, 3.8) is 0 Å². The van der Waals surface area contributed by atoms with Crippen molar-refractivity contribution < 1.29 is 4.79 Å². The molecular formula is C14H22O. The van der Waals surface area contributed by atoms with Crippen molar-refractivity contribution in [2.75, 3.05) is 0 Å². The molecule has 0 aromatic heterocycles. The molecule has 0 spiro atoms. The Morgan fingerprint density at radius 2 is 1.53 bits per heavy atom. The van der Waals surface area contributed by atoms with Gasteiger partial charge in [0.25, 0.3) is 0 Å². The lowest BCUT2D eigenvalue weighted by Gasteiger charge is -2.01. The third-order valence-corrected chi connectivity index (χ3v) is 2.87. The van der Waals surface area contributed by atoms with Crippen molar-refractivity contribution in [1.82, 2.24) is 0 Å². The first-order chi connectivity index (χ1) is 7.39. The molecule has 0 fully saturated rings. The molecule has 0 bridgehead atoms. The maximum Gasteiger partial charge on any atom is 0.137 e.